The molecule has 0 amide bonds. The van der Waals surface area contributed by atoms with Gasteiger partial charge in [-0.15, -0.1) is 0 Å². The van der Waals surface area contributed by atoms with Crippen LogP contribution in [-0.4, -0.2) is 96.9 Å². The lowest BCUT2D eigenvalue weighted by Crippen LogP contribution is -2.66. The number of carbonyl (C=O) groups is 2. The van der Waals surface area contributed by atoms with E-state index >= 15 is 0 Å². The molecular weight excluding hydrogens is 691 g/mol. The minimum atomic E-state index is -1.58. The summed E-state index contributed by atoms with van der Waals surface area (Å²) in [6.07, 6.45) is 0.411. The summed E-state index contributed by atoms with van der Waals surface area (Å²) >= 11 is 6.47. The molecular formula is C39H50ClFN4O7. The third-order valence-corrected chi connectivity index (χ3v) is 12.6. The highest BCUT2D eigenvalue weighted by molar-refractivity contribution is 6.33. The molecule has 3 heterocycles. The maximum atomic E-state index is 14.5. The van der Waals surface area contributed by atoms with E-state index in [4.69, 9.17) is 25.9 Å². The van der Waals surface area contributed by atoms with Gasteiger partial charge in [0.25, 0.3) is 0 Å². The van der Waals surface area contributed by atoms with E-state index in [0.29, 0.717) is 34.0 Å². The Labute approximate surface area is 309 Å². The summed E-state index contributed by atoms with van der Waals surface area (Å²) in [5, 5.41) is 29.8. The number of nitrogens with zero attached hydrogens (tertiary/aromatic N) is 3. The highest BCUT2D eigenvalue weighted by atomic mass is 35.5. The monoisotopic (exact) mass is 740 g/mol. The average Bonchev–Trinajstić information content (AvgIpc) is 3.45. The van der Waals surface area contributed by atoms with Crippen LogP contribution in [0.4, 0.5) is 15.8 Å². The van der Waals surface area contributed by atoms with Crippen LogP contribution >= 0.6 is 11.6 Å². The average molecular weight is 741 g/mol. The number of halogens is 2. The fraction of sp³-hybridized carbons (Fsp3) is 0.590. The molecule has 0 aromatic heterocycles. The van der Waals surface area contributed by atoms with Gasteiger partial charge in [0.2, 0.25) is 0 Å². The van der Waals surface area contributed by atoms with E-state index in [1.54, 1.807) is 31.3 Å². The molecule has 3 fully saturated rings. The normalized spacial score (nSPS) is 35.2. The minimum absolute atomic E-state index is 0.0543. The fourth-order valence-electron chi connectivity index (χ4n) is 9.58. The van der Waals surface area contributed by atoms with Crippen LogP contribution in [0.2, 0.25) is 5.02 Å². The van der Waals surface area contributed by atoms with E-state index in [0.717, 1.165) is 39.1 Å². The first kappa shape index (κ1) is 37.1. The molecule has 0 spiro atoms. The number of fused-ring (bicyclic) bond motifs is 4. The molecule has 7 rings (SSSR count). The van der Waals surface area contributed by atoms with Crippen molar-refractivity contribution < 1.29 is 38.5 Å². The maximum absolute atomic E-state index is 14.5. The Morgan fingerprint density at radius 1 is 1.10 bits per heavy atom. The molecule has 1 unspecified atom stereocenters. The van der Waals surface area contributed by atoms with Crippen molar-refractivity contribution in [3.05, 3.63) is 70.5 Å². The first-order chi connectivity index (χ1) is 24.7. The first-order valence-corrected chi connectivity index (χ1v) is 18.8. The zero-order valence-electron chi connectivity index (χ0n) is 30.4. The molecule has 2 saturated heterocycles. The summed E-state index contributed by atoms with van der Waals surface area (Å²) in [4.78, 5) is 37.0. The van der Waals surface area contributed by atoms with Gasteiger partial charge in [0.15, 0.2) is 18.4 Å². The molecule has 282 valence electrons. The van der Waals surface area contributed by atoms with Gasteiger partial charge >= 0.3 is 11.9 Å². The van der Waals surface area contributed by atoms with Crippen LogP contribution in [0.1, 0.15) is 52.5 Å². The second-order valence-corrected chi connectivity index (χ2v) is 15.9. The summed E-state index contributed by atoms with van der Waals surface area (Å²) in [6.45, 7) is 11.1. The van der Waals surface area contributed by atoms with Crippen molar-refractivity contribution >= 4 is 34.9 Å². The summed E-state index contributed by atoms with van der Waals surface area (Å²) in [6, 6.07) is 11.1. The van der Waals surface area contributed by atoms with E-state index in [-0.39, 0.29) is 35.9 Å². The lowest BCUT2D eigenvalue weighted by atomic mass is 9.55. The largest absolute Gasteiger partial charge is 0.454 e. The van der Waals surface area contributed by atoms with Gasteiger partial charge in [-0.1, -0.05) is 55.8 Å². The molecule has 11 nitrogen and oxygen atoms in total. The van der Waals surface area contributed by atoms with Gasteiger partial charge in [0.1, 0.15) is 23.1 Å². The summed E-state index contributed by atoms with van der Waals surface area (Å²) in [5.41, 5.74) is -0.722. The zero-order chi connectivity index (χ0) is 37.1. The van der Waals surface area contributed by atoms with E-state index in [1.165, 1.54) is 18.1 Å². The van der Waals surface area contributed by atoms with E-state index < -0.39 is 47.6 Å². The molecule has 3 aliphatic heterocycles. The third kappa shape index (κ3) is 6.39. The quantitative estimate of drug-likeness (QED) is 0.277. The second-order valence-electron chi connectivity index (χ2n) is 15.5. The number of nitrogens with one attached hydrogen (secondary N) is 1. The molecule has 0 radical (unpaired) electrons. The Bertz CT molecular complexity index is 1720. The Morgan fingerprint density at radius 2 is 1.83 bits per heavy atom. The van der Waals surface area contributed by atoms with Gasteiger partial charge in [0, 0.05) is 64.6 Å². The molecule has 0 bridgehead atoms. The number of hydrogen-bond donors (Lipinski definition) is 3. The molecule has 13 heteroatoms. The fourth-order valence-corrected chi connectivity index (χ4v) is 9.88. The van der Waals surface area contributed by atoms with Gasteiger partial charge < -0.3 is 24.6 Å². The highest BCUT2D eigenvalue weighted by Crippen LogP contribution is 2.53. The van der Waals surface area contributed by atoms with E-state index in [2.05, 4.69) is 22.0 Å². The van der Waals surface area contributed by atoms with E-state index in [9.17, 15) is 24.2 Å². The van der Waals surface area contributed by atoms with Crippen molar-refractivity contribution in [2.24, 2.45) is 23.7 Å². The summed E-state index contributed by atoms with van der Waals surface area (Å²) in [7, 11) is 1.68. The van der Waals surface area contributed by atoms with E-state index in [1.807, 2.05) is 32.1 Å². The number of esters is 2. The smallest absolute Gasteiger partial charge is 0.323 e. The van der Waals surface area contributed by atoms with Crippen molar-refractivity contribution in [3.8, 4) is 0 Å². The molecule has 10 atom stereocenters. The first-order valence-electron chi connectivity index (χ1n) is 18.4. The van der Waals surface area contributed by atoms with Gasteiger partial charge in [0.05, 0.1) is 16.4 Å². The number of hydroxylamine groups is 1. The van der Waals surface area contributed by atoms with Crippen LogP contribution in [0, 0.1) is 29.5 Å². The number of aliphatic hydroxyl groups is 2. The van der Waals surface area contributed by atoms with Crippen LogP contribution in [-0.2, 0) is 29.5 Å². The van der Waals surface area contributed by atoms with Gasteiger partial charge in [-0.3, -0.25) is 29.7 Å². The Balaban J connectivity index is 1.10. The van der Waals surface area contributed by atoms with Gasteiger partial charge in [-0.2, -0.15) is 0 Å². The number of benzene rings is 2. The lowest BCUT2D eigenvalue weighted by molar-refractivity contribution is -0.225. The van der Waals surface area contributed by atoms with Crippen molar-refractivity contribution in [3.63, 3.8) is 0 Å². The maximum Gasteiger partial charge on any atom is 0.323 e. The molecule has 1 saturated carbocycles. The number of ether oxygens (including phenoxy) is 2. The van der Waals surface area contributed by atoms with Gasteiger partial charge in [-0.25, -0.2) is 4.39 Å². The van der Waals surface area contributed by atoms with Crippen molar-refractivity contribution in [2.45, 2.75) is 82.6 Å². The summed E-state index contributed by atoms with van der Waals surface area (Å²) < 4.78 is 26.6. The number of anilines is 2. The van der Waals surface area contributed by atoms with Crippen LogP contribution in [0.25, 0.3) is 0 Å². The zero-order valence-corrected chi connectivity index (χ0v) is 31.2. The van der Waals surface area contributed by atoms with Crippen LogP contribution < -0.4 is 15.3 Å². The standard InChI is InChI=1S/C39H50ClFN4O7/c1-22-19-28-26(23(2)21-44-15-17-45(18-16-44)32-12-7-6-11-30(32)41)14-13-24(3)39(28,49)35(34(22)50-25(4)46)51-36(47)31-20-38(48)27-9-8-10-29(40)33(27)43(5)52-37(38)42-31/h6-12,19,23-24,26,28,31,34-35,37,42,48-49H,13-18,20-21H2,1-5H3/t23?,24-,26+,28-,31+,34-,35+,37-,38-,39-/m1/s1. The topological polar surface area (TPSA) is 124 Å². The third-order valence-electron chi connectivity index (χ3n) is 12.3. The Kier molecular flexibility index (Phi) is 10.1. The second kappa shape index (κ2) is 14.2. The van der Waals surface area contributed by atoms with Gasteiger partial charge in [-0.05, 0) is 61.3 Å². The lowest BCUT2D eigenvalue weighted by Gasteiger charge is -2.56. The molecule has 5 aliphatic rings. The number of rotatable bonds is 7. The number of piperazine rings is 1. The molecule has 52 heavy (non-hydrogen) atoms. The van der Waals surface area contributed by atoms with Crippen LogP contribution in [0.3, 0.4) is 0 Å². The Morgan fingerprint density at radius 3 is 2.54 bits per heavy atom. The SMILES string of the molecule is CC(=O)O[C@@H]1C(C)=C[C@@H]2[C@H](C(C)CN3CCN(c4ccccc4F)CC3)CC[C@@H](C)[C@]2(O)[C@H]1OC(=O)[C@@H]1C[C@@]2(O)c3cccc(Cl)c3N(C)O[C@H]2N1. The van der Waals surface area contributed by atoms with Crippen LogP contribution in [0.5, 0.6) is 0 Å². The predicted molar refractivity (Wildman–Crippen MR) is 194 cm³/mol. The molecule has 2 aromatic carbocycles. The number of para-hydroxylation sites is 2. The minimum Gasteiger partial charge on any atom is -0.454 e. The van der Waals surface area contributed by atoms with Crippen molar-refractivity contribution in [1.29, 1.82) is 0 Å². The number of carbonyl (C=O) groups excluding carboxylic acids is 2. The molecule has 2 aliphatic carbocycles. The summed E-state index contributed by atoms with van der Waals surface area (Å²) in [5.74, 6) is -1.87. The van der Waals surface area contributed by atoms with Crippen molar-refractivity contribution in [1.82, 2.24) is 10.2 Å². The Hall–Kier alpha value is -3.26. The predicted octanol–water partition coefficient (Wildman–Crippen LogP) is 4.39. The molecule has 3 N–H and O–H groups in total. The highest BCUT2D eigenvalue weighted by Gasteiger charge is 2.62. The number of hydrogen-bond acceptors (Lipinski definition) is 11. The van der Waals surface area contributed by atoms with Crippen LogP contribution in [0.15, 0.2) is 54.1 Å². The van der Waals surface area contributed by atoms with Crippen molar-refractivity contribution in [2.75, 3.05) is 49.7 Å². The molecule has 2 aromatic rings.